The summed E-state index contributed by atoms with van der Waals surface area (Å²) in [5.41, 5.74) is 6.08. The van der Waals surface area contributed by atoms with Crippen LogP contribution in [0.25, 0.3) is 11.4 Å². The van der Waals surface area contributed by atoms with Crippen molar-refractivity contribution in [3.63, 3.8) is 0 Å². The minimum atomic E-state index is 0.870. The maximum Gasteiger partial charge on any atom is 0.160 e. The molecule has 0 radical (unpaired) electrons. The molecule has 2 aromatic rings. The third-order valence-electron chi connectivity index (χ3n) is 3.24. The smallest absolute Gasteiger partial charge is 0.160 e. The van der Waals surface area contributed by atoms with Crippen LogP contribution in [0.2, 0.25) is 0 Å². The van der Waals surface area contributed by atoms with E-state index in [9.17, 15) is 0 Å². The first-order valence-electron chi connectivity index (χ1n) is 5.86. The molecule has 0 saturated carbocycles. The van der Waals surface area contributed by atoms with E-state index in [2.05, 4.69) is 34.9 Å². The van der Waals surface area contributed by atoms with Gasteiger partial charge in [-0.25, -0.2) is 9.97 Å². The highest BCUT2D eigenvalue weighted by atomic mass is 32.1. The molecule has 3 heterocycles. The lowest BCUT2D eigenvalue weighted by atomic mass is 10.0. The lowest BCUT2D eigenvalue weighted by Gasteiger charge is -2.18. The number of fused-ring (bicyclic) bond motifs is 1. The molecule has 1 N–H and O–H groups in total. The number of nitrogens with zero attached hydrogens (tertiary/aromatic N) is 2. The maximum atomic E-state index is 4.71. The minimum absolute atomic E-state index is 0.870. The van der Waals surface area contributed by atoms with Crippen LogP contribution in [0.1, 0.15) is 22.5 Å². The normalized spacial score (nSPS) is 14.7. The molecule has 0 saturated heterocycles. The predicted molar refractivity (Wildman–Crippen MR) is 70.2 cm³/mol. The molecule has 3 nitrogen and oxygen atoms in total. The first kappa shape index (κ1) is 10.9. The van der Waals surface area contributed by atoms with Crippen molar-refractivity contribution in [1.82, 2.24) is 15.3 Å². The summed E-state index contributed by atoms with van der Waals surface area (Å²) >= 11 is 1.71. The summed E-state index contributed by atoms with van der Waals surface area (Å²) in [6, 6.07) is 0. The fraction of sp³-hybridized carbons (Fsp3) is 0.385. The molecule has 0 aromatic carbocycles. The highest BCUT2D eigenvalue weighted by molar-refractivity contribution is 7.08. The van der Waals surface area contributed by atoms with Crippen molar-refractivity contribution >= 4 is 11.3 Å². The molecule has 1 aliphatic heterocycles. The summed E-state index contributed by atoms with van der Waals surface area (Å²) in [4.78, 5) is 9.37. The minimum Gasteiger partial charge on any atom is -0.311 e. The largest absolute Gasteiger partial charge is 0.311 e. The van der Waals surface area contributed by atoms with Gasteiger partial charge in [-0.05, 0) is 43.3 Å². The molecule has 2 aromatic heterocycles. The number of aromatic nitrogens is 2. The molecule has 3 rings (SSSR count). The lowest BCUT2D eigenvalue weighted by Crippen LogP contribution is -2.26. The van der Waals surface area contributed by atoms with Crippen molar-refractivity contribution in [2.45, 2.75) is 26.8 Å². The average molecular weight is 245 g/mol. The van der Waals surface area contributed by atoms with Gasteiger partial charge in [0.05, 0.1) is 5.69 Å². The second-order valence-corrected chi connectivity index (χ2v) is 5.20. The number of aryl methyl sites for hydroxylation is 2. The van der Waals surface area contributed by atoms with Crippen molar-refractivity contribution in [3.05, 3.63) is 33.3 Å². The second-order valence-electron chi connectivity index (χ2n) is 4.45. The summed E-state index contributed by atoms with van der Waals surface area (Å²) in [5.74, 6) is 0.878. The zero-order valence-electron chi connectivity index (χ0n) is 10.1. The summed E-state index contributed by atoms with van der Waals surface area (Å²) < 4.78 is 0. The van der Waals surface area contributed by atoms with Gasteiger partial charge in [0, 0.05) is 23.2 Å². The van der Waals surface area contributed by atoms with Gasteiger partial charge in [-0.2, -0.15) is 11.3 Å². The van der Waals surface area contributed by atoms with Gasteiger partial charge in [-0.3, -0.25) is 0 Å². The van der Waals surface area contributed by atoms with E-state index in [0.717, 1.165) is 31.0 Å². The molecular formula is C13H15N3S. The summed E-state index contributed by atoms with van der Waals surface area (Å²) in [7, 11) is 0. The molecule has 88 valence electrons. The molecule has 0 aliphatic carbocycles. The fourth-order valence-electron chi connectivity index (χ4n) is 2.26. The van der Waals surface area contributed by atoms with Gasteiger partial charge in [-0.15, -0.1) is 0 Å². The van der Waals surface area contributed by atoms with Crippen LogP contribution in [-0.4, -0.2) is 16.5 Å². The predicted octanol–water partition coefficient (Wildman–Crippen LogP) is 2.47. The topological polar surface area (TPSA) is 37.8 Å². The quantitative estimate of drug-likeness (QED) is 0.838. The number of thiophene rings is 1. The maximum absolute atomic E-state index is 4.71. The SMILES string of the molecule is Cc1cscc1-c1nc(C)c2c(n1)CNCC2. The molecule has 0 spiro atoms. The van der Waals surface area contributed by atoms with E-state index in [1.165, 1.54) is 22.4 Å². The van der Waals surface area contributed by atoms with Crippen molar-refractivity contribution in [2.24, 2.45) is 0 Å². The van der Waals surface area contributed by atoms with E-state index in [1.54, 1.807) is 11.3 Å². The number of hydrogen-bond acceptors (Lipinski definition) is 4. The molecule has 0 fully saturated rings. The molecular weight excluding hydrogens is 230 g/mol. The van der Waals surface area contributed by atoms with E-state index in [-0.39, 0.29) is 0 Å². The van der Waals surface area contributed by atoms with Crippen LogP contribution in [-0.2, 0) is 13.0 Å². The summed E-state index contributed by atoms with van der Waals surface area (Å²) in [6.45, 7) is 6.11. The molecule has 0 bridgehead atoms. The van der Waals surface area contributed by atoms with Crippen molar-refractivity contribution in [3.8, 4) is 11.4 Å². The fourth-order valence-corrected chi connectivity index (χ4v) is 3.08. The van der Waals surface area contributed by atoms with Crippen molar-refractivity contribution in [2.75, 3.05) is 6.54 Å². The number of rotatable bonds is 1. The Hall–Kier alpha value is -1.26. The zero-order valence-corrected chi connectivity index (χ0v) is 10.9. The van der Waals surface area contributed by atoms with Crippen LogP contribution < -0.4 is 5.32 Å². The van der Waals surface area contributed by atoms with E-state index in [4.69, 9.17) is 4.98 Å². The highest BCUT2D eigenvalue weighted by Crippen LogP contribution is 2.26. The average Bonchev–Trinajstić information content (AvgIpc) is 2.75. The van der Waals surface area contributed by atoms with E-state index in [0.29, 0.717) is 0 Å². The summed E-state index contributed by atoms with van der Waals surface area (Å²) in [5, 5.41) is 7.64. The Bertz CT molecular complexity index is 560. The Kier molecular flexibility index (Phi) is 2.68. The molecule has 4 heteroatoms. The van der Waals surface area contributed by atoms with Crippen molar-refractivity contribution in [1.29, 1.82) is 0 Å². The van der Waals surface area contributed by atoms with Crippen LogP contribution in [0.5, 0.6) is 0 Å². The van der Waals surface area contributed by atoms with Gasteiger partial charge >= 0.3 is 0 Å². The number of hydrogen-bond donors (Lipinski definition) is 1. The van der Waals surface area contributed by atoms with Gasteiger partial charge in [0.15, 0.2) is 5.82 Å². The molecule has 1 aliphatic rings. The van der Waals surface area contributed by atoms with Crippen LogP contribution in [0.4, 0.5) is 0 Å². The standard InChI is InChI=1S/C13H15N3S/c1-8-6-17-7-11(8)13-15-9(2)10-3-4-14-5-12(10)16-13/h6-7,14H,3-5H2,1-2H3. The molecule has 17 heavy (non-hydrogen) atoms. The first-order valence-corrected chi connectivity index (χ1v) is 6.80. The third-order valence-corrected chi connectivity index (χ3v) is 4.10. The van der Waals surface area contributed by atoms with E-state index >= 15 is 0 Å². The first-order chi connectivity index (χ1) is 8.25. The highest BCUT2D eigenvalue weighted by Gasteiger charge is 2.16. The Balaban J connectivity index is 2.14. The van der Waals surface area contributed by atoms with Gasteiger partial charge < -0.3 is 5.32 Å². The Morgan fingerprint density at radius 3 is 2.88 bits per heavy atom. The van der Waals surface area contributed by atoms with Gasteiger partial charge in [0.25, 0.3) is 0 Å². The zero-order chi connectivity index (χ0) is 11.8. The van der Waals surface area contributed by atoms with E-state index in [1.807, 2.05) is 0 Å². The van der Waals surface area contributed by atoms with E-state index < -0.39 is 0 Å². The van der Waals surface area contributed by atoms with Crippen LogP contribution in [0, 0.1) is 13.8 Å². The number of nitrogens with one attached hydrogen (secondary N) is 1. The summed E-state index contributed by atoms with van der Waals surface area (Å²) in [6.07, 6.45) is 1.05. The monoisotopic (exact) mass is 245 g/mol. The van der Waals surface area contributed by atoms with Crippen LogP contribution in [0.3, 0.4) is 0 Å². The van der Waals surface area contributed by atoms with Crippen molar-refractivity contribution < 1.29 is 0 Å². The molecule has 0 atom stereocenters. The Labute approximate surface area is 105 Å². The van der Waals surface area contributed by atoms with Gasteiger partial charge in [0.1, 0.15) is 0 Å². The van der Waals surface area contributed by atoms with Crippen LogP contribution in [0.15, 0.2) is 10.8 Å². The molecule has 0 amide bonds. The van der Waals surface area contributed by atoms with Gasteiger partial charge in [-0.1, -0.05) is 0 Å². The second kappa shape index (κ2) is 4.20. The Morgan fingerprint density at radius 2 is 2.12 bits per heavy atom. The molecule has 0 unspecified atom stereocenters. The Morgan fingerprint density at radius 1 is 1.24 bits per heavy atom. The van der Waals surface area contributed by atoms with Gasteiger partial charge in [0.2, 0.25) is 0 Å². The lowest BCUT2D eigenvalue weighted by molar-refractivity contribution is 0.620. The van der Waals surface area contributed by atoms with Crippen LogP contribution >= 0.6 is 11.3 Å². The third kappa shape index (κ3) is 1.87.